The first-order valence-corrected chi connectivity index (χ1v) is 9.07. The Labute approximate surface area is 163 Å². The van der Waals surface area contributed by atoms with Crippen molar-refractivity contribution in [3.05, 3.63) is 99.6 Å². The number of hydrogen-bond acceptors (Lipinski definition) is 5. The quantitative estimate of drug-likeness (QED) is 0.406. The summed E-state index contributed by atoms with van der Waals surface area (Å²) in [4.78, 5) is 0. The van der Waals surface area contributed by atoms with Gasteiger partial charge in [0.15, 0.2) is 0 Å². The molecule has 5 nitrogen and oxygen atoms in total. The van der Waals surface area contributed by atoms with Crippen LogP contribution >= 0.6 is 0 Å². The smallest absolute Gasteiger partial charge is 0.115 e. The van der Waals surface area contributed by atoms with Crippen molar-refractivity contribution in [2.75, 3.05) is 0 Å². The first-order chi connectivity index (χ1) is 13.6. The maximum absolute atomic E-state index is 9.90. The zero-order valence-corrected chi connectivity index (χ0v) is 15.4. The molecule has 0 radical (unpaired) electrons. The molecule has 0 atom stereocenters. The number of benzene rings is 3. The summed E-state index contributed by atoms with van der Waals surface area (Å²) in [7, 11) is 0. The second kappa shape index (κ2) is 8.99. The Morgan fingerprint density at radius 1 is 0.571 bits per heavy atom. The predicted octanol–water partition coefficient (Wildman–Crippen LogP) is 2.54. The molecule has 146 valence electrons. The van der Waals surface area contributed by atoms with Gasteiger partial charge in [-0.1, -0.05) is 48.5 Å². The van der Waals surface area contributed by atoms with Gasteiger partial charge in [0.05, 0.1) is 26.4 Å². The van der Waals surface area contributed by atoms with E-state index in [9.17, 15) is 25.5 Å². The molecule has 3 rings (SSSR count). The van der Waals surface area contributed by atoms with Gasteiger partial charge in [-0.2, -0.15) is 0 Å². The SMILES string of the molecule is OCc1ccc(CO)c(C(c2ccc(O)cc2)c2cc(CO)ccc2CO)c1. The van der Waals surface area contributed by atoms with Crippen LogP contribution in [0.25, 0.3) is 0 Å². The largest absolute Gasteiger partial charge is 0.508 e. The molecule has 28 heavy (non-hydrogen) atoms. The number of aliphatic hydroxyl groups is 4. The Morgan fingerprint density at radius 3 is 1.43 bits per heavy atom. The summed E-state index contributed by atoms with van der Waals surface area (Å²) < 4.78 is 0. The lowest BCUT2D eigenvalue weighted by molar-refractivity contribution is 0.275. The Balaban J connectivity index is 2.30. The molecule has 0 amide bonds. The summed E-state index contributed by atoms with van der Waals surface area (Å²) >= 11 is 0. The van der Waals surface area contributed by atoms with Gasteiger partial charge in [-0.3, -0.25) is 0 Å². The lowest BCUT2D eigenvalue weighted by Gasteiger charge is -2.25. The molecule has 5 N–H and O–H groups in total. The summed E-state index contributed by atoms with van der Waals surface area (Å²) in [5, 5.41) is 48.7. The van der Waals surface area contributed by atoms with Crippen LogP contribution in [0, 0.1) is 0 Å². The molecule has 0 aliphatic rings. The van der Waals surface area contributed by atoms with Gasteiger partial charge < -0.3 is 25.5 Å². The number of aromatic hydroxyl groups is 1. The molecule has 0 aliphatic heterocycles. The standard InChI is InChI=1S/C23H24O5/c24-11-15-1-3-18(13-26)21(9-15)23(17-5-7-20(28)8-6-17)22-10-16(12-25)2-4-19(22)14-27/h1-10,23-28H,11-14H2. The van der Waals surface area contributed by atoms with E-state index in [1.54, 1.807) is 48.5 Å². The number of hydrogen-bond donors (Lipinski definition) is 5. The Hall–Kier alpha value is -2.70. The average molecular weight is 380 g/mol. The highest BCUT2D eigenvalue weighted by Gasteiger charge is 2.23. The van der Waals surface area contributed by atoms with Crippen molar-refractivity contribution in [1.82, 2.24) is 0 Å². The van der Waals surface area contributed by atoms with Crippen LogP contribution < -0.4 is 0 Å². The molecule has 0 saturated carbocycles. The maximum Gasteiger partial charge on any atom is 0.115 e. The molecule has 0 bridgehead atoms. The molecule has 0 unspecified atom stereocenters. The molecule has 0 aromatic heterocycles. The van der Waals surface area contributed by atoms with Crippen LogP contribution in [-0.2, 0) is 26.4 Å². The van der Waals surface area contributed by atoms with Crippen molar-refractivity contribution in [3.8, 4) is 5.75 Å². The molecular weight excluding hydrogens is 356 g/mol. The topological polar surface area (TPSA) is 101 Å². The molecule has 5 heteroatoms. The summed E-state index contributed by atoms with van der Waals surface area (Å²) in [6.45, 7) is -0.622. The Bertz CT molecular complexity index is 879. The van der Waals surface area contributed by atoms with E-state index in [2.05, 4.69) is 0 Å². The minimum atomic E-state index is -0.358. The molecule has 0 spiro atoms. The molecule has 0 fully saturated rings. The van der Waals surface area contributed by atoms with E-state index >= 15 is 0 Å². The molecule has 0 saturated heterocycles. The van der Waals surface area contributed by atoms with E-state index in [1.165, 1.54) is 0 Å². The highest BCUT2D eigenvalue weighted by molar-refractivity contribution is 5.51. The van der Waals surface area contributed by atoms with E-state index < -0.39 is 0 Å². The summed E-state index contributed by atoms with van der Waals surface area (Å²) in [5.74, 6) is -0.219. The van der Waals surface area contributed by atoms with Gasteiger partial charge in [-0.25, -0.2) is 0 Å². The first-order valence-electron chi connectivity index (χ1n) is 9.07. The van der Waals surface area contributed by atoms with Crippen LogP contribution in [-0.4, -0.2) is 25.5 Å². The number of aliphatic hydroxyl groups excluding tert-OH is 4. The van der Waals surface area contributed by atoms with Crippen molar-refractivity contribution in [1.29, 1.82) is 0 Å². The van der Waals surface area contributed by atoms with Gasteiger partial charge >= 0.3 is 0 Å². The van der Waals surface area contributed by atoms with Crippen LogP contribution in [0.1, 0.15) is 44.9 Å². The fourth-order valence-electron chi connectivity index (χ4n) is 3.50. The minimum Gasteiger partial charge on any atom is -0.508 e. The highest BCUT2D eigenvalue weighted by atomic mass is 16.3. The van der Waals surface area contributed by atoms with Crippen molar-refractivity contribution in [2.45, 2.75) is 32.3 Å². The highest BCUT2D eigenvalue weighted by Crippen LogP contribution is 2.37. The number of phenolic OH excluding ortho intramolecular Hbond substituents is 1. The van der Waals surface area contributed by atoms with Crippen molar-refractivity contribution in [2.24, 2.45) is 0 Å². The first kappa shape index (κ1) is 20.0. The Morgan fingerprint density at radius 2 is 1.04 bits per heavy atom. The van der Waals surface area contributed by atoms with Crippen LogP contribution in [0.2, 0.25) is 0 Å². The molecule has 3 aromatic carbocycles. The summed E-state index contributed by atoms with van der Waals surface area (Å²) in [6, 6.07) is 17.5. The average Bonchev–Trinajstić information content (AvgIpc) is 2.75. The monoisotopic (exact) mass is 380 g/mol. The third-order valence-corrected chi connectivity index (χ3v) is 4.97. The second-order valence-electron chi connectivity index (χ2n) is 6.72. The third-order valence-electron chi connectivity index (χ3n) is 4.97. The molecule has 3 aromatic rings. The van der Waals surface area contributed by atoms with E-state index in [0.717, 1.165) is 16.7 Å². The van der Waals surface area contributed by atoms with Crippen LogP contribution in [0.15, 0.2) is 60.7 Å². The molecule has 0 heterocycles. The van der Waals surface area contributed by atoms with Crippen molar-refractivity contribution >= 4 is 0 Å². The van der Waals surface area contributed by atoms with Gasteiger partial charge in [-0.05, 0) is 51.1 Å². The van der Waals surface area contributed by atoms with Crippen LogP contribution in [0.5, 0.6) is 5.75 Å². The van der Waals surface area contributed by atoms with Crippen LogP contribution in [0.3, 0.4) is 0 Å². The van der Waals surface area contributed by atoms with Crippen LogP contribution in [0.4, 0.5) is 0 Å². The van der Waals surface area contributed by atoms with Gasteiger partial charge in [0.25, 0.3) is 0 Å². The van der Waals surface area contributed by atoms with Crippen molar-refractivity contribution in [3.63, 3.8) is 0 Å². The van der Waals surface area contributed by atoms with E-state index in [0.29, 0.717) is 22.3 Å². The summed E-state index contributed by atoms with van der Waals surface area (Å²) in [6.07, 6.45) is 0. The fraction of sp³-hybridized carbons (Fsp3) is 0.217. The zero-order valence-electron chi connectivity index (χ0n) is 15.4. The van der Waals surface area contributed by atoms with Crippen molar-refractivity contribution < 1.29 is 25.5 Å². The predicted molar refractivity (Wildman–Crippen MR) is 106 cm³/mol. The van der Waals surface area contributed by atoms with E-state index in [1.807, 2.05) is 12.1 Å². The van der Waals surface area contributed by atoms with Gasteiger partial charge in [-0.15, -0.1) is 0 Å². The third kappa shape index (κ3) is 4.08. The van der Waals surface area contributed by atoms with E-state index in [-0.39, 0.29) is 38.1 Å². The second-order valence-corrected chi connectivity index (χ2v) is 6.72. The molecule has 0 aliphatic carbocycles. The Kier molecular flexibility index (Phi) is 6.44. The summed E-state index contributed by atoms with van der Waals surface area (Å²) in [5.41, 5.74) is 5.27. The van der Waals surface area contributed by atoms with E-state index in [4.69, 9.17) is 0 Å². The van der Waals surface area contributed by atoms with Gasteiger partial charge in [0.2, 0.25) is 0 Å². The lowest BCUT2D eigenvalue weighted by atomic mass is 9.80. The van der Waals surface area contributed by atoms with Gasteiger partial charge in [0.1, 0.15) is 5.75 Å². The van der Waals surface area contributed by atoms with Gasteiger partial charge in [0, 0.05) is 5.92 Å². The zero-order chi connectivity index (χ0) is 20.1. The number of rotatable bonds is 7. The maximum atomic E-state index is 9.90. The lowest BCUT2D eigenvalue weighted by Crippen LogP contribution is -2.11. The molecular formula is C23H24O5. The fourth-order valence-corrected chi connectivity index (χ4v) is 3.50. The minimum absolute atomic E-state index is 0.134. The normalized spacial score (nSPS) is 11.2. The number of phenols is 1.